The fourth-order valence-corrected chi connectivity index (χ4v) is 3.77. The first kappa shape index (κ1) is 17.9. The molecule has 2 atom stereocenters. The maximum Gasteiger partial charge on any atom is 0.257 e. The van der Waals surface area contributed by atoms with Gasteiger partial charge in [0.25, 0.3) is 5.91 Å². The van der Waals surface area contributed by atoms with Crippen molar-refractivity contribution in [2.24, 2.45) is 5.92 Å². The summed E-state index contributed by atoms with van der Waals surface area (Å²) in [6, 6.07) is 4.28. The molecule has 1 aliphatic carbocycles. The number of aliphatic hydroxyl groups excluding tert-OH is 1. The number of benzene rings is 1. The van der Waals surface area contributed by atoms with E-state index in [2.05, 4.69) is 10.5 Å². The highest BCUT2D eigenvalue weighted by atomic mass is 35.5. The second kappa shape index (κ2) is 7.54. The average Bonchev–Trinajstić information content (AvgIpc) is 3.15. The number of rotatable bonds is 5. The van der Waals surface area contributed by atoms with Crippen molar-refractivity contribution in [3.05, 3.63) is 40.4 Å². The summed E-state index contributed by atoms with van der Waals surface area (Å²) >= 11 is 6.10. The number of aliphatic hydroxyl groups is 1. The predicted octanol–water partition coefficient (Wildman–Crippen LogP) is 3.72. The SMILES string of the molecule is Cc1onc(-c2c(F)cccc2Cl)c1C(=O)NC1CCCC1CCO. The molecule has 2 unspecified atom stereocenters. The van der Waals surface area contributed by atoms with Crippen molar-refractivity contribution in [3.63, 3.8) is 0 Å². The molecule has 7 heteroatoms. The summed E-state index contributed by atoms with van der Waals surface area (Å²) in [5.74, 6) is -0.366. The van der Waals surface area contributed by atoms with Crippen molar-refractivity contribution in [1.29, 1.82) is 0 Å². The van der Waals surface area contributed by atoms with Crippen LogP contribution in [0, 0.1) is 18.7 Å². The Bertz CT molecular complexity index is 757. The van der Waals surface area contributed by atoms with E-state index < -0.39 is 5.82 Å². The Morgan fingerprint density at radius 1 is 1.48 bits per heavy atom. The smallest absolute Gasteiger partial charge is 0.257 e. The minimum Gasteiger partial charge on any atom is -0.396 e. The van der Waals surface area contributed by atoms with Crippen LogP contribution < -0.4 is 5.32 Å². The summed E-state index contributed by atoms with van der Waals surface area (Å²) in [4.78, 5) is 12.8. The summed E-state index contributed by atoms with van der Waals surface area (Å²) in [5.41, 5.74) is 0.362. The van der Waals surface area contributed by atoms with E-state index in [0.29, 0.717) is 12.2 Å². The molecule has 0 radical (unpaired) electrons. The highest BCUT2D eigenvalue weighted by Crippen LogP contribution is 2.34. The number of nitrogens with zero attached hydrogens (tertiary/aromatic N) is 1. The second-order valence-electron chi connectivity index (χ2n) is 6.34. The van der Waals surface area contributed by atoms with Gasteiger partial charge in [0.2, 0.25) is 0 Å². The predicted molar refractivity (Wildman–Crippen MR) is 91.9 cm³/mol. The highest BCUT2D eigenvalue weighted by Gasteiger charge is 2.31. The lowest BCUT2D eigenvalue weighted by Crippen LogP contribution is -2.38. The number of aryl methyl sites for hydroxylation is 1. The minimum absolute atomic E-state index is 0.0158. The molecule has 1 fully saturated rings. The summed E-state index contributed by atoms with van der Waals surface area (Å²) < 4.78 is 19.4. The van der Waals surface area contributed by atoms with Gasteiger partial charge in [-0.15, -0.1) is 0 Å². The number of hydrogen-bond acceptors (Lipinski definition) is 4. The summed E-state index contributed by atoms with van der Waals surface area (Å²) in [6.45, 7) is 1.71. The van der Waals surface area contributed by atoms with E-state index in [-0.39, 0.29) is 46.3 Å². The van der Waals surface area contributed by atoms with Gasteiger partial charge in [-0.2, -0.15) is 0 Å². The first-order valence-electron chi connectivity index (χ1n) is 8.35. The third kappa shape index (κ3) is 3.55. The second-order valence-corrected chi connectivity index (χ2v) is 6.75. The zero-order valence-electron chi connectivity index (χ0n) is 13.9. The summed E-state index contributed by atoms with van der Waals surface area (Å²) in [7, 11) is 0. The number of aromatic nitrogens is 1. The standard InChI is InChI=1S/C18H20ClFN2O3/c1-10-15(18(24)21-14-7-2-4-11(14)8-9-23)17(22-25-10)16-12(19)5-3-6-13(16)20/h3,5-6,11,14,23H,2,4,7-9H2,1H3,(H,21,24). The van der Waals surface area contributed by atoms with Crippen molar-refractivity contribution < 1.29 is 18.8 Å². The van der Waals surface area contributed by atoms with E-state index >= 15 is 0 Å². The molecule has 25 heavy (non-hydrogen) atoms. The fraction of sp³-hybridized carbons (Fsp3) is 0.444. The van der Waals surface area contributed by atoms with Crippen molar-refractivity contribution in [2.75, 3.05) is 6.61 Å². The van der Waals surface area contributed by atoms with Crippen molar-refractivity contribution in [2.45, 2.75) is 38.6 Å². The number of carbonyl (C=O) groups excluding carboxylic acids is 1. The van der Waals surface area contributed by atoms with Crippen molar-refractivity contribution in [3.8, 4) is 11.3 Å². The third-order valence-electron chi connectivity index (χ3n) is 4.76. The molecule has 1 aromatic carbocycles. The third-order valence-corrected chi connectivity index (χ3v) is 5.08. The zero-order valence-corrected chi connectivity index (χ0v) is 14.6. The quantitative estimate of drug-likeness (QED) is 0.845. The molecule has 134 valence electrons. The van der Waals surface area contributed by atoms with E-state index in [1.165, 1.54) is 12.1 Å². The molecule has 2 aromatic rings. The molecule has 1 aliphatic rings. The van der Waals surface area contributed by atoms with Gasteiger partial charge >= 0.3 is 0 Å². The van der Waals surface area contributed by atoms with E-state index in [1.807, 2.05) is 0 Å². The highest BCUT2D eigenvalue weighted by molar-refractivity contribution is 6.33. The first-order valence-corrected chi connectivity index (χ1v) is 8.73. The maximum atomic E-state index is 14.2. The molecule has 1 heterocycles. The number of carbonyl (C=O) groups is 1. The number of nitrogens with one attached hydrogen (secondary N) is 1. The van der Waals surface area contributed by atoms with Gasteiger partial charge in [0.15, 0.2) is 0 Å². The van der Waals surface area contributed by atoms with Crippen LogP contribution in [0.4, 0.5) is 4.39 Å². The van der Waals surface area contributed by atoms with Crippen LogP contribution in [0.1, 0.15) is 41.8 Å². The minimum atomic E-state index is -0.561. The van der Waals surface area contributed by atoms with Gasteiger partial charge in [-0.3, -0.25) is 4.79 Å². The molecule has 0 saturated heterocycles. The van der Waals surface area contributed by atoms with Crippen LogP contribution in [0.2, 0.25) is 5.02 Å². The van der Waals surface area contributed by atoms with Crippen molar-refractivity contribution >= 4 is 17.5 Å². The normalized spacial score (nSPS) is 20.0. The molecule has 1 saturated carbocycles. The largest absolute Gasteiger partial charge is 0.396 e. The molecule has 3 rings (SSSR count). The molecule has 5 nitrogen and oxygen atoms in total. The van der Waals surface area contributed by atoms with Crippen LogP contribution >= 0.6 is 11.6 Å². The summed E-state index contributed by atoms with van der Waals surface area (Å²) in [5, 5.41) is 16.2. The maximum absolute atomic E-state index is 14.2. The Labute approximate surface area is 150 Å². The Morgan fingerprint density at radius 3 is 3.00 bits per heavy atom. The van der Waals surface area contributed by atoms with Gasteiger partial charge in [0.05, 0.1) is 10.6 Å². The van der Waals surface area contributed by atoms with Crippen LogP contribution in [-0.2, 0) is 0 Å². The molecular weight excluding hydrogens is 347 g/mol. The lowest BCUT2D eigenvalue weighted by Gasteiger charge is -2.20. The van der Waals surface area contributed by atoms with Gasteiger partial charge < -0.3 is 14.9 Å². The van der Waals surface area contributed by atoms with Crippen LogP contribution in [0.5, 0.6) is 0 Å². The van der Waals surface area contributed by atoms with Crippen LogP contribution in [-0.4, -0.2) is 28.8 Å². The van der Waals surface area contributed by atoms with Gasteiger partial charge in [0.1, 0.15) is 22.8 Å². The molecule has 1 amide bonds. The Balaban J connectivity index is 1.90. The molecule has 1 aromatic heterocycles. The lowest BCUT2D eigenvalue weighted by atomic mass is 9.99. The first-order chi connectivity index (χ1) is 12.0. The molecule has 0 aliphatic heterocycles. The van der Waals surface area contributed by atoms with Crippen LogP contribution in [0.15, 0.2) is 22.7 Å². The average molecular weight is 367 g/mol. The fourth-order valence-electron chi connectivity index (χ4n) is 3.51. The van der Waals surface area contributed by atoms with Gasteiger partial charge in [-0.1, -0.05) is 29.2 Å². The van der Waals surface area contributed by atoms with Gasteiger partial charge in [-0.05, 0) is 44.2 Å². The Hall–Kier alpha value is -1.92. The van der Waals surface area contributed by atoms with Crippen molar-refractivity contribution in [1.82, 2.24) is 10.5 Å². The molecule has 0 spiro atoms. The number of amides is 1. The van der Waals surface area contributed by atoms with E-state index in [0.717, 1.165) is 19.3 Å². The molecular formula is C18H20ClFN2O3. The number of halogens is 2. The Morgan fingerprint density at radius 2 is 2.28 bits per heavy atom. The molecule has 0 bridgehead atoms. The van der Waals surface area contributed by atoms with E-state index in [1.54, 1.807) is 13.0 Å². The summed E-state index contributed by atoms with van der Waals surface area (Å²) in [6.07, 6.45) is 3.49. The van der Waals surface area contributed by atoms with Gasteiger partial charge in [-0.25, -0.2) is 4.39 Å². The van der Waals surface area contributed by atoms with E-state index in [9.17, 15) is 9.18 Å². The van der Waals surface area contributed by atoms with Crippen LogP contribution in [0.25, 0.3) is 11.3 Å². The topological polar surface area (TPSA) is 75.4 Å². The van der Waals surface area contributed by atoms with Gasteiger partial charge in [0, 0.05) is 12.6 Å². The Kier molecular flexibility index (Phi) is 5.39. The molecule has 2 N–H and O–H groups in total. The number of hydrogen-bond donors (Lipinski definition) is 2. The monoisotopic (exact) mass is 366 g/mol. The lowest BCUT2D eigenvalue weighted by molar-refractivity contribution is 0.0922. The van der Waals surface area contributed by atoms with E-state index in [4.69, 9.17) is 21.2 Å². The zero-order chi connectivity index (χ0) is 18.0. The van der Waals surface area contributed by atoms with Crippen LogP contribution in [0.3, 0.4) is 0 Å².